The Bertz CT molecular complexity index is 739. The zero-order valence-electron chi connectivity index (χ0n) is 12.1. The Morgan fingerprint density at radius 1 is 1.35 bits per heavy atom. The number of amides is 1. The zero-order valence-corrected chi connectivity index (χ0v) is 13.7. The summed E-state index contributed by atoms with van der Waals surface area (Å²) >= 11 is 7.28. The normalized spacial score (nSPS) is 10.2. The summed E-state index contributed by atoms with van der Waals surface area (Å²) in [5.41, 5.74) is 0.215. The quantitative estimate of drug-likeness (QED) is 0.483. The van der Waals surface area contributed by atoms with Gasteiger partial charge in [-0.1, -0.05) is 17.7 Å². The number of ether oxygens (including phenoxy) is 1. The van der Waals surface area contributed by atoms with E-state index in [1.165, 1.54) is 30.0 Å². The smallest absolute Gasteiger partial charge is 0.271 e. The summed E-state index contributed by atoms with van der Waals surface area (Å²) in [5.74, 6) is 0.642. The molecule has 0 heterocycles. The van der Waals surface area contributed by atoms with Crippen LogP contribution in [-0.2, 0) is 4.79 Å². The summed E-state index contributed by atoms with van der Waals surface area (Å²) in [6, 6.07) is 11.3. The van der Waals surface area contributed by atoms with Crippen LogP contribution in [0.4, 0.5) is 11.4 Å². The molecule has 6 nitrogen and oxygen atoms in total. The average Bonchev–Trinajstić information content (AvgIpc) is 2.55. The summed E-state index contributed by atoms with van der Waals surface area (Å²) in [7, 11) is 1.58. The van der Waals surface area contributed by atoms with Crippen molar-refractivity contribution < 1.29 is 14.5 Å². The number of nitro benzene ring substituents is 1. The number of nitro groups is 1. The average molecular weight is 353 g/mol. The van der Waals surface area contributed by atoms with Crippen molar-refractivity contribution in [3.05, 3.63) is 57.6 Å². The van der Waals surface area contributed by atoms with Crippen LogP contribution in [-0.4, -0.2) is 23.7 Å². The van der Waals surface area contributed by atoms with Gasteiger partial charge in [0.05, 0.1) is 28.5 Å². The number of methoxy groups -OCH3 is 1. The van der Waals surface area contributed by atoms with Crippen molar-refractivity contribution in [2.24, 2.45) is 0 Å². The van der Waals surface area contributed by atoms with Crippen molar-refractivity contribution in [3.8, 4) is 5.75 Å². The van der Waals surface area contributed by atoms with Gasteiger partial charge in [0.2, 0.25) is 5.91 Å². The number of hydrogen-bond acceptors (Lipinski definition) is 5. The molecule has 8 heteroatoms. The second-order valence-corrected chi connectivity index (χ2v) is 5.89. The second kappa shape index (κ2) is 7.85. The molecule has 0 unspecified atom stereocenters. The predicted octanol–water partition coefficient (Wildman–Crippen LogP) is 3.99. The molecule has 0 aliphatic rings. The van der Waals surface area contributed by atoms with Gasteiger partial charge >= 0.3 is 0 Å². The Balaban J connectivity index is 1.95. The minimum Gasteiger partial charge on any atom is -0.497 e. The van der Waals surface area contributed by atoms with E-state index in [2.05, 4.69) is 5.32 Å². The van der Waals surface area contributed by atoms with Crippen LogP contribution in [0.15, 0.2) is 47.4 Å². The number of carbonyl (C=O) groups is 1. The van der Waals surface area contributed by atoms with Crippen LogP contribution in [0.5, 0.6) is 5.75 Å². The molecule has 120 valence electrons. The number of thioether (sulfide) groups is 1. The van der Waals surface area contributed by atoms with Crippen LogP contribution in [0.2, 0.25) is 5.02 Å². The lowest BCUT2D eigenvalue weighted by Crippen LogP contribution is -2.14. The molecule has 0 spiro atoms. The predicted molar refractivity (Wildman–Crippen MR) is 90.5 cm³/mol. The van der Waals surface area contributed by atoms with Crippen molar-refractivity contribution in [3.63, 3.8) is 0 Å². The van der Waals surface area contributed by atoms with E-state index in [-0.39, 0.29) is 22.4 Å². The number of non-ortho nitro benzene ring substituents is 1. The molecule has 2 aromatic rings. The van der Waals surface area contributed by atoms with Crippen LogP contribution in [0.25, 0.3) is 0 Å². The highest BCUT2D eigenvalue weighted by molar-refractivity contribution is 8.00. The minimum absolute atomic E-state index is 0.124. The van der Waals surface area contributed by atoms with Gasteiger partial charge in [-0.15, -0.1) is 11.8 Å². The molecule has 0 aliphatic carbocycles. The molecule has 0 bridgehead atoms. The fourth-order valence-corrected chi connectivity index (χ4v) is 2.71. The lowest BCUT2D eigenvalue weighted by Gasteiger charge is -2.07. The largest absolute Gasteiger partial charge is 0.497 e. The van der Waals surface area contributed by atoms with Crippen LogP contribution in [0, 0.1) is 10.1 Å². The third-order valence-electron chi connectivity index (χ3n) is 2.85. The van der Waals surface area contributed by atoms with Gasteiger partial charge in [0.1, 0.15) is 5.75 Å². The highest BCUT2D eigenvalue weighted by Gasteiger charge is 2.11. The number of nitrogens with zero attached hydrogens (tertiary/aromatic N) is 1. The van der Waals surface area contributed by atoms with Gasteiger partial charge in [0.25, 0.3) is 5.69 Å². The van der Waals surface area contributed by atoms with E-state index in [1.54, 1.807) is 7.11 Å². The number of rotatable bonds is 6. The Kier molecular flexibility index (Phi) is 5.84. The van der Waals surface area contributed by atoms with E-state index in [0.717, 1.165) is 4.90 Å². The zero-order chi connectivity index (χ0) is 16.8. The fraction of sp³-hybridized carbons (Fsp3) is 0.133. The lowest BCUT2D eigenvalue weighted by molar-refractivity contribution is -0.384. The molecular formula is C15H13ClN2O4S. The number of anilines is 1. The molecule has 0 radical (unpaired) electrons. The molecule has 0 fully saturated rings. The number of benzene rings is 2. The van der Waals surface area contributed by atoms with Gasteiger partial charge in [-0.25, -0.2) is 0 Å². The van der Waals surface area contributed by atoms with E-state index in [9.17, 15) is 14.9 Å². The van der Waals surface area contributed by atoms with Gasteiger partial charge in [-0.3, -0.25) is 14.9 Å². The number of hydrogen-bond donors (Lipinski definition) is 1. The van der Waals surface area contributed by atoms with E-state index >= 15 is 0 Å². The Hall–Kier alpha value is -2.25. The molecule has 0 aliphatic heterocycles. The molecule has 0 saturated carbocycles. The van der Waals surface area contributed by atoms with Crippen molar-refractivity contribution in [1.82, 2.24) is 0 Å². The molecule has 2 aromatic carbocycles. The van der Waals surface area contributed by atoms with Gasteiger partial charge in [-0.05, 0) is 24.3 Å². The highest BCUT2D eigenvalue weighted by atomic mass is 35.5. The van der Waals surface area contributed by atoms with Gasteiger partial charge < -0.3 is 10.1 Å². The van der Waals surface area contributed by atoms with Crippen molar-refractivity contribution in [2.75, 3.05) is 18.2 Å². The van der Waals surface area contributed by atoms with E-state index in [1.807, 2.05) is 24.3 Å². The van der Waals surface area contributed by atoms with E-state index in [0.29, 0.717) is 11.4 Å². The summed E-state index contributed by atoms with van der Waals surface area (Å²) < 4.78 is 5.12. The van der Waals surface area contributed by atoms with Crippen LogP contribution < -0.4 is 10.1 Å². The maximum absolute atomic E-state index is 12.0. The Morgan fingerprint density at radius 2 is 2.13 bits per heavy atom. The molecular weight excluding hydrogens is 340 g/mol. The monoisotopic (exact) mass is 352 g/mol. The maximum atomic E-state index is 12.0. The number of halogens is 1. The first-order valence-electron chi connectivity index (χ1n) is 6.50. The molecule has 0 aromatic heterocycles. The van der Waals surface area contributed by atoms with Crippen molar-refractivity contribution in [1.29, 1.82) is 0 Å². The maximum Gasteiger partial charge on any atom is 0.271 e. The van der Waals surface area contributed by atoms with Gasteiger partial charge in [0.15, 0.2) is 0 Å². The number of carbonyl (C=O) groups excluding carboxylic acids is 1. The molecule has 0 atom stereocenters. The Labute approximate surface area is 141 Å². The summed E-state index contributed by atoms with van der Waals surface area (Å²) in [6.45, 7) is 0. The first-order valence-corrected chi connectivity index (χ1v) is 7.86. The molecule has 0 saturated heterocycles. The van der Waals surface area contributed by atoms with E-state index in [4.69, 9.17) is 16.3 Å². The molecule has 1 amide bonds. The van der Waals surface area contributed by atoms with Crippen LogP contribution in [0.3, 0.4) is 0 Å². The summed E-state index contributed by atoms with van der Waals surface area (Å²) in [4.78, 5) is 23.0. The standard InChI is InChI=1S/C15H13ClN2O4S/c1-22-11-3-2-4-12(8-11)23-9-15(19)17-14-6-5-10(18(20)21)7-13(14)16/h2-8H,9H2,1H3,(H,17,19). The van der Waals surface area contributed by atoms with Crippen LogP contribution >= 0.6 is 23.4 Å². The second-order valence-electron chi connectivity index (χ2n) is 4.44. The van der Waals surface area contributed by atoms with Crippen LogP contribution in [0.1, 0.15) is 0 Å². The van der Waals surface area contributed by atoms with E-state index < -0.39 is 4.92 Å². The fourth-order valence-electron chi connectivity index (χ4n) is 1.75. The first kappa shape index (κ1) is 17.1. The Morgan fingerprint density at radius 3 is 2.78 bits per heavy atom. The van der Waals surface area contributed by atoms with Gasteiger partial charge in [0, 0.05) is 17.0 Å². The number of nitrogens with one attached hydrogen (secondary N) is 1. The van der Waals surface area contributed by atoms with Gasteiger partial charge in [-0.2, -0.15) is 0 Å². The molecule has 23 heavy (non-hydrogen) atoms. The summed E-state index contributed by atoms with van der Waals surface area (Å²) in [6.07, 6.45) is 0. The lowest BCUT2D eigenvalue weighted by atomic mass is 10.3. The first-order chi connectivity index (χ1) is 11.0. The molecule has 2 rings (SSSR count). The summed E-state index contributed by atoms with van der Waals surface area (Å²) in [5, 5.41) is 13.4. The highest BCUT2D eigenvalue weighted by Crippen LogP contribution is 2.27. The topological polar surface area (TPSA) is 81.5 Å². The van der Waals surface area contributed by atoms with Crippen molar-refractivity contribution >= 4 is 40.6 Å². The third-order valence-corrected chi connectivity index (χ3v) is 4.16. The minimum atomic E-state index is -0.546. The third kappa shape index (κ3) is 4.87. The molecule has 1 N–H and O–H groups in total. The van der Waals surface area contributed by atoms with Crippen molar-refractivity contribution in [2.45, 2.75) is 4.90 Å². The SMILES string of the molecule is COc1cccc(SCC(=O)Nc2ccc([N+](=O)[O-])cc2Cl)c1.